The van der Waals surface area contributed by atoms with Crippen LogP contribution in [0.3, 0.4) is 0 Å². The van der Waals surface area contributed by atoms with Gasteiger partial charge in [0.15, 0.2) is 0 Å². The second-order valence-electron chi connectivity index (χ2n) is 7.65. The zero-order valence-electron chi connectivity index (χ0n) is 18.7. The number of aromatic nitrogens is 4. The first kappa shape index (κ1) is 21.7. The first-order valence-electron chi connectivity index (χ1n) is 10.6. The lowest BCUT2D eigenvalue weighted by molar-refractivity contribution is 0.391. The highest BCUT2D eigenvalue weighted by atomic mass is 35.5. The number of methoxy groups -OCH3 is 2. The molecule has 0 aliphatic heterocycles. The van der Waals surface area contributed by atoms with Crippen molar-refractivity contribution in [3.05, 3.63) is 90.1 Å². The average molecular weight is 472 g/mol. The molecule has 0 aliphatic rings. The number of nitrogens with one attached hydrogen (secondary N) is 1. The molecule has 5 rings (SSSR count). The van der Waals surface area contributed by atoms with Crippen LogP contribution in [0, 0.1) is 0 Å². The van der Waals surface area contributed by atoms with E-state index in [0.717, 1.165) is 50.5 Å². The monoisotopic (exact) mass is 471 g/mol. The van der Waals surface area contributed by atoms with E-state index in [-0.39, 0.29) is 0 Å². The van der Waals surface area contributed by atoms with E-state index >= 15 is 0 Å². The van der Waals surface area contributed by atoms with Crippen LogP contribution in [0.5, 0.6) is 11.5 Å². The summed E-state index contributed by atoms with van der Waals surface area (Å²) in [7, 11) is 3.29. The van der Waals surface area contributed by atoms with Crippen molar-refractivity contribution in [1.29, 1.82) is 0 Å². The van der Waals surface area contributed by atoms with Crippen LogP contribution in [-0.4, -0.2) is 34.0 Å². The first-order valence-corrected chi connectivity index (χ1v) is 11.0. The summed E-state index contributed by atoms with van der Waals surface area (Å²) in [4.78, 5) is 4.17. The second-order valence-corrected chi connectivity index (χ2v) is 8.09. The lowest BCUT2D eigenvalue weighted by Crippen LogP contribution is -2.03. The van der Waals surface area contributed by atoms with Gasteiger partial charge in [-0.3, -0.25) is 0 Å². The van der Waals surface area contributed by atoms with Gasteiger partial charge in [-0.2, -0.15) is 10.2 Å². The van der Waals surface area contributed by atoms with Crippen LogP contribution in [0.4, 0.5) is 5.69 Å². The zero-order chi connectivity index (χ0) is 23.5. The van der Waals surface area contributed by atoms with Crippen LogP contribution < -0.4 is 14.8 Å². The third-order valence-electron chi connectivity index (χ3n) is 5.66. The van der Waals surface area contributed by atoms with Crippen molar-refractivity contribution in [2.45, 2.75) is 6.54 Å². The molecule has 170 valence electrons. The molecule has 0 bridgehead atoms. The van der Waals surface area contributed by atoms with E-state index in [2.05, 4.69) is 26.6 Å². The maximum Gasteiger partial charge on any atom is 0.127 e. The Labute approximate surface area is 202 Å². The number of rotatable bonds is 7. The van der Waals surface area contributed by atoms with Crippen LogP contribution in [0.2, 0.25) is 5.02 Å². The fourth-order valence-electron chi connectivity index (χ4n) is 3.92. The topological polar surface area (TPSA) is 74.1 Å². The van der Waals surface area contributed by atoms with E-state index in [0.29, 0.717) is 11.6 Å². The van der Waals surface area contributed by atoms with Gasteiger partial charge in [0.1, 0.15) is 11.5 Å². The minimum absolute atomic E-state index is 0.564. The standard InChI is InChI=1S/C26H22ClN5O2/c1-33-20-6-3-18(26(13-20)34-2)14-29-24-15-30-31-23-11-17(4-7-21(23)24)22-12-19(27)5-8-25(22)32-10-9-28-16-32/h3-13,15-16H,14H2,1-2H3,(H,29,31). The Hall–Kier alpha value is -4.10. The zero-order valence-corrected chi connectivity index (χ0v) is 19.5. The number of ether oxygens (including phenoxy) is 2. The second kappa shape index (κ2) is 9.41. The molecule has 0 fully saturated rings. The molecular weight excluding hydrogens is 450 g/mol. The van der Waals surface area contributed by atoms with Crippen molar-refractivity contribution in [2.24, 2.45) is 0 Å². The molecule has 0 radical (unpaired) electrons. The van der Waals surface area contributed by atoms with Crippen molar-refractivity contribution in [3.8, 4) is 28.3 Å². The Balaban J connectivity index is 1.48. The van der Waals surface area contributed by atoms with Crippen LogP contribution in [0.15, 0.2) is 79.5 Å². The van der Waals surface area contributed by atoms with Gasteiger partial charge >= 0.3 is 0 Å². The summed E-state index contributed by atoms with van der Waals surface area (Å²) in [5, 5.41) is 13.7. The number of anilines is 1. The number of hydrogen-bond donors (Lipinski definition) is 1. The van der Waals surface area contributed by atoms with E-state index in [9.17, 15) is 0 Å². The van der Waals surface area contributed by atoms with Crippen molar-refractivity contribution in [3.63, 3.8) is 0 Å². The number of hydrogen-bond acceptors (Lipinski definition) is 6. The molecule has 2 aromatic heterocycles. The predicted octanol–water partition coefficient (Wildman–Crippen LogP) is 5.77. The Morgan fingerprint density at radius 1 is 1.00 bits per heavy atom. The molecule has 2 heterocycles. The fourth-order valence-corrected chi connectivity index (χ4v) is 4.10. The molecule has 8 heteroatoms. The molecule has 5 aromatic rings. The highest BCUT2D eigenvalue weighted by Crippen LogP contribution is 2.33. The normalized spacial score (nSPS) is 10.9. The molecule has 7 nitrogen and oxygen atoms in total. The van der Waals surface area contributed by atoms with Crippen LogP contribution in [0.1, 0.15) is 5.56 Å². The molecule has 0 spiro atoms. The smallest absolute Gasteiger partial charge is 0.127 e. The van der Waals surface area contributed by atoms with Crippen molar-refractivity contribution in [1.82, 2.24) is 19.7 Å². The molecule has 0 saturated heterocycles. The number of fused-ring (bicyclic) bond motifs is 1. The lowest BCUT2D eigenvalue weighted by Gasteiger charge is -2.14. The third-order valence-corrected chi connectivity index (χ3v) is 5.89. The summed E-state index contributed by atoms with van der Waals surface area (Å²) in [6, 6.07) is 17.7. The maximum absolute atomic E-state index is 6.33. The summed E-state index contributed by atoms with van der Waals surface area (Å²) in [6.45, 7) is 0.564. The van der Waals surface area contributed by atoms with E-state index in [1.807, 2.05) is 59.3 Å². The van der Waals surface area contributed by atoms with Gasteiger partial charge in [0.05, 0.1) is 43.6 Å². The molecule has 34 heavy (non-hydrogen) atoms. The van der Waals surface area contributed by atoms with Crippen LogP contribution in [-0.2, 0) is 6.54 Å². The summed E-state index contributed by atoms with van der Waals surface area (Å²) in [5.41, 5.74) is 5.62. The Morgan fingerprint density at radius 3 is 2.71 bits per heavy atom. The lowest BCUT2D eigenvalue weighted by atomic mass is 10.0. The summed E-state index contributed by atoms with van der Waals surface area (Å²) < 4.78 is 12.8. The molecule has 0 atom stereocenters. The highest BCUT2D eigenvalue weighted by molar-refractivity contribution is 6.31. The quantitative estimate of drug-likeness (QED) is 0.325. The summed E-state index contributed by atoms with van der Waals surface area (Å²) in [6.07, 6.45) is 7.15. The predicted molar refractivity (Wildman–Crippen MR) is 134 cm³/mol. The number of halogens is 1. The first-order chi connectivity index (χ1) is 16.7. The van der Waals surface area contributed by atoms with Crippen molar-refractivity contribution >= 4 is 28.2 Å². The Kier molecular flexibility index (Phi) is 6.01. The largest absolute Gasteiger partial charge is 0.497 e. The van der Waals surface area contributed by atoms with E-state index in [1.165, 1.54) is 0 Å². The molecule has 0 saturated carbocycles. The molecule has 0 unspecified atom stereocenters. The van der Waals surface area contributed by atoms with Crippen molar-refractivity contribution in [2.75, 3.05) is 19.5 Å². The minimum Gasteiger partial charge on any atom is -0.497 e. The molecule has 0 amide bonds. The number of nitrogens with zero attached hydrogens (tertiary/aromatic N) is 4. The van der Waals surface area contributed by atoms with Crippen LogP contribution in [0.25, 0.3) is 27.7 Å². The van der Waals surface area contributed by atoms with Gasteiger partial charge in [-0.25, -0.2) is 4.98 Å². The van der Waals surface area contributed by atoms with Gasteiger partial charge in [-0.15, -0.1) is 0 Å². The number of benzene rings is 3. The fraction of sp³-hybridized carbons (Fsp3) is 0.115. The highest BCUT2D eigenvalue weighted by Gasteiger charge is 2.12. The van der Waals surface area contributed by atoms with E-state index in [4.69, 9.17) is 21.1 Å². The SMILES string of the molecule is COc1ccc(CNc2cnnc3cc(-c4cc(Cl)ccc4-n4ccnc4)ccc23)c(OC)c1. The van der Waals surface area contributed by atoms with Gasteiger partial charge in [0, 0.05) is 46.5 Å². The van der Waals surface area contributed by atoms with Gasteiger partial charge in [0.2, 0.25) is 0 Å². The van der Waals surface area contributed by atoms with Gasteiger partial charge < -0.3 is 19.4 Å². The Morgan fingerprint density at radius 2 is 1.91 bits per heavy atom. The van der Waals surface area contributed by atoms with Gasteiger partial charge in [-0.05, 0) is 48.0 Å². The third kappa shape index (κ3) is 4.25. The molecule has 3 aromatic carbocycles. The molecule has 1 N–H and O–H groups in total. The number of imidazole rings is 1. The average Bonchev–Trinajstić information content (AvgIpc) is 3.41. The summed E-state index contributed by atoms with van der Waals surface area (Å²) in [5.74, 6) is 1.51. The molecular formula is C26H22ClN5O2. The maximum atomic E-state index is 6.33. The Bertz CT molecular complexity index is 1450. The van der Waals surface area contributed by atoms with E-state index < -0.39 is 0 Å². The minimum atomic E-state index is 0.564. The van der Waals surface area contributed by atoms with Gasteiger partial charge in [-0.1, -0.05) is 17.7 Å². The molecule has 0 aliphatic carbocycles. The summed E-state index contributed by atoms with van der Waals surface area (Å²) >= 11 is 6.33. The van der Waals surface area contributed by atoms with E-state index in [1.54, 1.807) is 32.9 Å². The van der Waals surface area contributed by atoms with Crippen LogP contribution >= 0.6 is 11.6 Å². The van der Waals surface area contributed by atoms with Crippen molar-refractivity contribution < 1.29 is 9.47 Å². The van der Waals surface area contributed by atoms with Gasteiger partial charge in [0.25, 0.3) is 0 Å².